The molecule has 10 heteroatoms. The van der Waals surface area contributed by atoms with Gasteiger partial charge in [-0.15, -0.1) is 0 Å². The number of sulfonamides is 1. The van der Waals surface area contributed by atoms with Gasteiger partial charge in [0.05, 0.1) is 18.6 Å². The Labute approximate surface area is 168 Å². The van der Waals surface area contributed by atoms with Crippen LogP contribution < -0.4 is 10.1 Å². The fourth-order valence-corrected chi connectivity index (χ4v) is 3.67. The van der Waals surface area contributed by atoms with Crippen LogP contribution in [0, 0.1) is 0 Å². The number of hydrogen-bond donors (Lipinski definition) is 1. The molecule has 152 valence electrons. The minimum atomic E-state index is -3.77. The van der Waals surface area contributed by atoms with Crippen molar-refractivity contribution >= 4 is 21.6 Å². The van der Waals surface area contributed by atoms with Gasteiger partial charge in [-0.3, -0.25) is 4.79 Å². The van der Waals surface area contributed by atoms with Gasteiger partial charge in [-0.05, 0) is 48.5 Å². The summed E-state index contributed by atoms with van der Waals surface area (Å²) >= 11 is 0. The third kappa shape index (κ3) is 4.79. The fourth-order valence-electron chi connectivity index (χ4n) is 2.55. The molecule has 0 aliphatic carbocycles. The summed E-state index contributed by atoms with van der Waals surface area (Å²) in [5, 5.41) is 6.49. The summed E-state index contributed by atoms with van der Waals surface area (Å²) in [6.07, 6.45) is 0. The van der Waals surface area contributed by atoms with Gasteiger partial charge in [0.2, 0.25) is 27.6 Å². The molecule has 0 fully saturated rings. The predicted molar refractivity (Wildman–Crippen MR) is 106 cm³/mol. The SMILES string of the molecule is COc1ccc(-c2noc(CN(C)S(=O)(=O)c3ccc(NC(C)=O)cc3)n2)cc1. The van der Waals surface area contributed by atoms with E-state index < -0.39 is 10.0 Å². The molecule has 0 atom stereocenters. The average Bonchev–Trinajstić information content (AvgIpc) is 3.16. The zero-order valence-corrected chi connectivity index (χ0v) is 16.9. The van der Waals surface area contributed by atoms with Gasteiger partial charge in [-0.25, -0.2) is 8.42 Å². The van der Waals surface area contributed by atoms with Crippen LogP contribution in [0.3, 0.4) is 0 Å². The molecule has 0 unspecified atom stereocenters. The largest absolute Gasteiger partial charge is 0.497 e. The van der Waals surface area contributed by atoms with Crippen LogP contribution in [-0.4, -0.2) is 42.9 Å². The van der Waals surface area contributed by atoms with E-state index in [1.165, 1.54) is 38.2 Å². The number of carbonyl (C=O) groups is 1. The van der Waals surface area contributed by atoms with Gasteiger partial charge >= 0.3 is 0 Å². The lowest BCUT2D eigenvalue weighted by atomic mass is 10.2. The van der Waals surface area contributed by atoms with Gasteiger partial charge in [0, 0.05) is 25.2 Å². The zero-order valence-electron chi connectivity index (χ0n) is 16.1. The number of benzene rings is 2. The molecule has 1 amide bonds. The fraction of sp³-hybridized carbons (Fsp3) is 0.211. The highest BCUT2D eigenvalue weighted by Crippen LogP contribution is 2.22. The lowest BCUT2D eigenvalue weighted by molar-refractivity contribution is -0.114. The number of anilines is 1. The highest BCUT2D eigenvalue weighted by molar-refractivity contribution is 7.89. The van der Waals surface area contributed by atoms with E-state index in [9.17, 15) is 13.2 Å². The Morgan fingerprint density at radius 3 is 2.38 bits per heavy atom. The summed E-state index contributed by atoms with van der Waals surface area (Å²) in [5.41, 5.74) is 1.24. The van der Waals surface area contributed by atoms with Gasteiger partial charge < -0.3 is 14.6 Å². The van der Waals surface area contributed by atoms with E-state index in [0.29, 0.717) is 17.3 Å². The Morgan fingerprint density at radius 1 is 1.14 bits per heavy atom. The third-order valence-corrected chi connectivity index (χ3v) is 5.87. The standard InChI is InChI=1S/C19H20N4O5S/c1-13(24)20-15-6-10-17(11-7-15)29(25,26)23(2)12-18-21-19(22-28-18)14-4-8-16(27-3)9-5-14/h4-11H,12H2,1-3H3,(H,20,24). The summed E-state index contributed by atoms with van der Waals surface area (Å²) in [6, 6.07) is 13.0. The number of nitrogens with one attached hydrogen (secondary N) is 1. The highest BCUT2D eigenvalue weighted by Gasteiger charge is 2.23. The minimum absolute atomic E-state index is 0.0844. The number of aromatic nitrogens is 2. The Morgan fingerprint density at radius 2 is 1.79 bits per heavy atom. The number of nitrogens with zero attached hydrogens (tertiary/aromatic N) is 3. The van der Waals surface area contributed by atoms with Crippen molar-refractivity contribution < 1.29 is 22.5 Å². The quantitative estimate of drug-likeness (QED) is 0.629. The highest BCUT2D eigenvalue weighted by atomic mass is 32.2. The van der Waals surface area contributed by atoms with E-state index in [0.717, 1.165) is 9.87 Å². The van der Waals surface area contributed by atoms with Crippen LogP contribution in [0.2, 0.25) is 0 Å². The van der Waals surface area contributed by atoms with E-state index in [2.05, 4.69) is 15.5 Å². The molecule has 0 aliphatic heterocycles. The van der Waals surface area contributed by atoms with Crippen molar-refractivity contribution in [2.24, 2.45) is 0 Å². The molecule has 0 radical (unpaired) electrons. The van der Waals surface area contributed by atoms with Crippen LogP contribution in [0.5, 0.6) is 5.75 Å². The molecular formula is C19H20N4O5S. The molecule has 1 heterocycles. The van der Waals surface area contributed by atoms with Crippen molar-refractivity contribution in [2.45, 2.75) is 18.4 Å². The molecule has 2 aromatic carbocycles. The van der Waals surface area contributed by atoms with Gasteiger partial charge in [-0.1, -0.05) is 5.16 Å². The molecule has 0 aliphatic rings. The number of ether oxygens (including phenoxy) is 1. The summed E-state index contributed by atoms with van der Waals surface area (Å²) in [7, 11) is -0.771. The van der Waals surface area contributed by atoms with E-state index in [4.69, 9.17) is 9.26 Å². The molecule has 9 nitrogen and oxygen atoms in total. The topological polar surface area (TPSA) is 115 Å². The molecule has 0 spiro atoms. The van der Waals surface area contributed by atoms with Crippen LogP contribution in [0.1, 0.15) is 12.8 Å². The monoisotopic (exact) mass is 416 g/mol. The minimum Gasteiger partial charge on any atom is -0.497 e. The molecule has 3 rings (SSSR count). The average molecular weight is 416 g/mol. The molecule has 0 bridgehead atoms. The molecule has 0 saturated carbocycles. The van der Waals surface area contributed by atoms with E-state index in [1.54, 1.807) is 31.4 Å². The lowest BCUT2D eigenvalue weighted by Crippen LogP contribution is -2.26. The second-order valence-electron chi connectivity index (χ2n) is 6.21. The lowest BCUT2D eigenvalue weighted by Gasteiger charge is -2.15. The first-order chi connectivity index (χ1) is 13.8. The van der Waals surface area contributed by atoms with Crippen LogP contribution in [0.4, 0.5) is 5.69 Å². The van der Waals surface area contributed by atoms with Crippen molar-refractivity contribution in [1.29, 1.82) is 0 Å². The van der Waals surface area contributed by atoms with Crippen molar-refractivity contribution in [3.05, 3.63) is 54.4 Å². The molecule has 0 saturated heterocycles. The molecule has 1 aromatic heterocycles. The van der Waals surface area contributed by atoms with Crippen LogP contribution in [0.15, 0.2) is 57.9 Å². The maximum absolute atomic E-state index is 12.8. The Bertz CT molecular complexity index is 1090. The van der Waals surface area contributed by atoms with Gasteiger partial charge in [0.25, 0.3) is 0 Å². The Hall–Kier alpha value is -3.24. The number of amides is 1. The molecule has 3 aromatic rings. The van der Waals surface area contributed by atoms with Crippen LogP contribution in [-0.2, 0) is 21.4 Å². The summed E-state index contributed by atoms with van der Waals surface area (Å²) in [5.74, 6) is 0.986. The van der Waals surface area contributed by atoms with Crippen molar-refractivity contribution in [3.63, 3.8) is 0 Å². The second kappa shape index (κ2) is 8.41. The van der Waals surface area contributed by atoms with Crippen molar-refractivity contribution in [2.75, 3.05) is 19.5 Å². The summed E-state index contributed by atoms with van der Waals surface area (Å²) in [4.78, 5) is 15.4. The number of carbonyl (C=O) groups excluding carboxylic acids is 1. The maximum Gasteiger partial charge on any atom is 0.243 e. The first-order valence-corrected chi connectivity index (χ1v) is 10.0. The van der Waals surface area contributed by atoms with Crippen molar-refractivity contribution in [3.8, 4) is 17.1 Å². The Balaban J connectivity index is 1.72. The van der Waals surface area contributed by atoms with Gasteiger partial charge in [-0.2, -0.15) is 9.29 Å². The van der Waals surface area contributed by atoms with Crippen molar-refractivity contribution in [1.82, 2.24) is 14.4 Å². The predicted octanol–water partition coefficient (Wildman–Crippen LogP) is 2.52. The first-order valence-electron chi connectivity index (χ1n) is 8.60. The van der Waals surface area contributed by atoms with E-state index in [1.807, 2.05) is 0 Å². The van der Waals surface area contributed by atoms with Gasteiger partial charge in [0.15, 0.2) is 0 Å². The van der Waals surface area contributed by atoms with E-state index in [-0.39, 0.29) is 23.2 Å². The van der Waals surface area contributed by atoms with Crippen LogP contribution >= 0.6 is 0 Å². The molecule has 29 heavy (non-hydrogen) atoms. The van der Waals surface area contributed by atoms with Gasteiger partial charge in [0.1, 0.15) is 5.75 Å². The van der Waals surface area contributed by atoms with E-state index >= 15 is 0 Å². The summed E-state index contributed by atoms with van der Waals surface area (Å²) in [6.45, 7) is 1.29. The second-order valence-corrected chi connectivity index (χ2v) is 8.25. The maximum atomic E-state index is 12.8. The first kappa shape index (κ1) is 20.5. The molecular weight excluding hydrogens is 396 g/mol. The third-order valence-electron chi connectivity index (χ3n) is 4.06. The zero-order chi connectivity index (χ0) is 21.0. The van der Waals surface area contributed by atoms with Crippen LogP contribution in [0.25, 0.3) is 11.4 Å². The number of hydrogen-bond acceptors (Lipinski definition) is 7. The number of methoxy groups -OCH3 is 1. The Kier molecular flexibility index (Phi) is 5.95. The number of rotatable bonds is 7. The molecule has 1 N–H and O–H groups in total. The normalized spacial score (nSPS) is 11.4. The smallest absolute Gasteiger partial charge is 0.243 e. The summed E-state index contributed by atoms with van der Waals surface area (Å²) < 4.78 is 36.9.